The molecule has 0 fully saturated rings. The smallest absolute Gasteiger partial charge is 0.411 e. The summed E-state index contributed by atoms with van der Waals surface area (Å²) in [6.07, 6.45) is 5.65. The number of imidazole rings is 1. The Morgan fingerprint density at radius 2 is 1.88 bits per heavy atom. The molecular formula is C16H21N5O3. The van der Waals surface area contributed by atoms with E-state index in [0.29, 0.717) is 24.5 Å². The van der Waals surface area contributed by atoms with Gasteiger partial charge in [0.05, 0.1) is 12.9 Å². The number of rotatable bonds is 7. The maximum atomic E-state index is 11.8. The summed E-state index contributed by atoms with van der Waals surface area (Å²) in [5, 5.41) is 8.09. The Morgan fingerprint density at radius 1 is 1.17 bits per heavy atom. The lowest BCUT2D eigenvalue weighted by molar-refractivity contribution is 0.168. The second-order valence-electron chi connectivity index (χ2n) is 4.96. The van der Waals surface area contributed by atoms with Gasteiger partial charge in [0.25, 0.3) is 0 Å². The second-order valence-corrected chi connectivity index (χ2v) is 4.96. The van der Waals surface area contributed by atoms with Gasteiger partial charge in [-0.3, -0.25) is 5.32 Å². The molecule has 1 heterocycles. The number of carbonyl (C=O) groups is 2. The Morgan fingerprint density at radius 3 is 2.50 bits per heavy atom. The molecule has 0 aliphatic heterocycles. The number of urea groups is 1. The van der Waals surface area contributed by atoms with E-state index in [0.717, 1.165) is 13.0 Å². The standard InChI is InChI=1S/C16H21N5O3/c1-2-24-16(23)20-14-6-4-13(5-7-14)19-15(22)18-8-3-10-21-11-9-17-12-21/h4-7,9,11-12H,2-3,8,10H2,1H3,(H,20,23)(H2,18,19,22). The van der Waals surface area contributed by atoms with E-state index in [-0.39, 0.29) is 6.03 Å². The predicted octanol–water partition coefficient (Wildman–Crippen LogP) is 2.66. The van der Waals surface area contributed by atoms with Crippen molar-refractivity contribution >= 4 is 23.5 Å². The van der Waals surface area contributed by atoms with Gasteiger partial charge in [-0.15, -0.1) is 0 Å². The van der Waals surface area contributed by atoms with E-state index >= 15 is 0 Å². The van der Waals surface area contributed by atoms with Crippen molar-refractivity contribution in [2.75, 3.05) is 23.8 Å². The van der Waals surface area contributed by atoms with Gasteiger partial charge in [-0.1, -0.05) is 0 Å². The molecule has 1 aromatic heterocycles. The van der Waals surface area contributed by atoms with Gasteiger partial charge in [-0.2, -0.15) is 0 Å². The number of carbonyl (C=O) groups excluding carboxylic acids is 2. The van der Waals surface area contributed by atoms with Crippen LogP contribution in [-0.2, 0) is 11.3 Å². The molecular weight excluding hydrogens is 310 g/mol. The molecule has 3 N–H and O–H groups in total. The van der Waals surface area contributed by atoms with Gasteiger partial charge in [0.2, 0.25) is 0 Å². The molecule has 0 radical (unpaired) electrons. The van der Waals surface area contributed by atoms with Gasteiger partial charge >= 0.3 is 12.1 Å². The van der Waals surface area contributed by atoms with Crippen LogP contribution < -0.4 is 16.0 Å². The lowest BCUT2D eigenvalue weighted by Gasteiger charge is -2.09. The van der Waals surface area contributed by atoms with Crippen LogP contribution in [0.2, 0.25) is 0 Å². The van der Waals surface area contributed by atoms with E-state index in [4.69, 9.17) is 4.74 Å². The molecule has 8 heteroatoms. The number of hydrogen-bond acceptors (Lipinski definition) is 4. The van der Waals surface area contributed by atoms with E-state index in [1.54, 1.807) is 43.7 Å². The summed E-state index contributed by atoms with van der Waals surface area (Å²) in [4.78, 5) is 27.0. The molecule has 2 aromatic rings. The molecule has 0 unspecified atom stereocenters. The summed E-state index contributed by atoms with van der Waals surface area (Å²) in [7, 11) is 0. The number of hydrogen-bond donors (Lipinski definition) is 3. The van der Waals surface area contributed by atoms with E-state index in [9.17, 15) is 9.59 Å². The molecule has 0 spiro atoms. The third-order valence-corrected chi connectivity index (χ3v) is 3.10. The first-order valence-corrected chi connectivity index (χ1v) is 7.72. The van der Waals surface area contributed by atoms with E-state index in [1.807, 2.05) is 10.8 Å². The number of aryl methyl sites for hydroxylation is 1. The Bertz CT molecular complexity index is 640. The number of ether oxygens (including phenoxy) is 1. The summed E-state index contributed by atoms with van der Waals surface area (Å²) in [5.74, 6) is 0. The first kappa shape index (κ1) is 17.3. The van der Waals surface area contributed by atoms with E-state index in [2.05, 4.69) is 20.9 Å². The molecule has 0 saturated carbocycles. The van der Waals surface area contributed by atoms with Crippen molar-refractivity contribution in [1.82, 2.24) is 14.9 Å². The Kier molecular flexibility index (Phi) is 6.63. The number of aromatic nitrogens is 2. The third kappa shape index (κ3) is 5.99. The number of anilines is 2. The van der Waals surface area contributed by atoms with Crippen molar-refractivity contribution in [1.29, 1.82) is 0 Å². The lowest BCUT2D eigenvalue weighted by Crippen LogP contribution is -2.30. The van der Waals surface area contributed by atoms with Crippen molar-refractivity contribution < 1.29 is 14.3 Å². The highest BCUT2D eigenvalue weighted by molar-refractivity contribution is 5.90. The average molecular weight is 331 g/mol. The number of benzene rings is 1. The number of amides is 3. The van der Waals surface area contributed by atoms with Crippen LogP contribution in [0.3, 0.4) is 0 Å². The quantitative estimate of drug-likeness (QED) is 0.679. The van der Waals surface area contributed by atoms with E-state index < -0.39 is 6.09 Å². The molecule has 8 nitrogen and oxygen atoms in total. The highest BCUT2D eigenvalue weighted by Gasteiger charge is 2.04. The van der Waals surface area contributed by atoms with Gasteiger partial charge < -0.3 is 19.9 Å². The van der Waals surface area contributed by atoms with Gasteiger partial charge in [0.1, 0.15) is 0 Å². The Hall–Kier alpha value is -3.03. The number of nitrogens with zero attached hydrogens (tertiary/aromatic N) is 2. The SMILES string of the molecule is CCOC(=O)Nc1ccc(NC(=O)NCCCn2ccnc2)cc1. The monoisotopic (exact) mass is 331 g/mol. The molecule has 0 aliphatic rings. The zero-order valence-corrected chi connectivity index (χ0v) is 13.5. The first-order valence-electron chi connectivity index (χ1n) is 7.72. The Balaban J connectivity index is 1.68. The first-order chi connectivity index (χ1) is 11.7. The predicted molar refractivity (Wildman–Crippen MR) is 91.0 cm³/mol. The van der Waals surface area contributed by atoms with Crippen LogP contribution in [0.4, 0.5) is 21.0 Å². The zero-order valence-electron chi connectivity index (χ0n) is 13.5. The van der Waals surface area contributed by atoms with Crippen LogP contribution in [0.5, 0.6) is 0 Å². The summed E-state index contributed by atoms with van der Waals surface area (Å²) in [6, 6.07) is 6.50. The summed E-state index contributed by atoms with van der Waals surface area (Å²) in [6.45, 7) is 3.41. The van der Waals surface area contributed by atoms with Gasteiger partial charge in [-0.25, -0.2) is 14.6 Å². The van der Waals surface area contributed by atoms with Crippen molar-refractivity contribution in [2.45, 2.75) is 19.9 Å². The maximum absolute atomic E-state index is 11.8. The zero-order chi connectivity index (χ0) is 17.2. The minimum absolute atomic E-state index is 0.272. The largest absolute Gasteiger partial charge is 0.450 e. The average Bonchev–Trinajstić information content (AvgIpc) is 3.07. The number of nitrogens with one attached hydrogen (secondary N) is 3. The van der Waals surface area contributed by atoms with Gasteiger partial charge in [-0.05, 0) is 37.6 Å². The maximum Gasteiger partial charge on any atom is 0.411 e. The third-order valence-electron chi connectivity index (χ3n) is 3.10. The molecule has 0 aliphatic carbocycles. The molecule has 0 saturated heterocycles. The van der Waals surface area contributed by atoms with Crippen LogP contribution in [0, 0.1) is 0 Å². The fourth-order valence-corrected chi connectivity index (χ4v) is 1.98. The van der Waals surface area contributed by atoms with Crippen molar-refractivity contribution in [3.8, 4) is 0 Å². The molecule has 3 amide bonds. The van der Waals surface area contributed by atoms with Crippen molar-refractivity contribution in [3.63, 3.8) is 0 Å². The fraction of sp³-hybridized carbons (Fsp3) is 0.312. The van der Waals surface area contributed by atoms with Crippen molar-refractivity contribution in [3.05, 3.63) is 43.0 Å². The minimum atomic E-state index is -0.506. The van der Waals surface area contributed by atoms with Gasteiger partial charge in [0.15, 0.2) is 0 Å². The van der Waals surface area contributed by atoms with Crippen LogP contribution in [0.15, 0.2) is 43.0 Å². The lowest BCUT2D eigenvalue weighted by atomic mass is 10.3. The molecule has 1 aromatic carbocycles. The van der Waals surface area contributed by atoms with E-state index in [1.165, 1.54) is 0 Å². The summed E-state index contributed by atoms with van der Waals surface area (Å²) < 4.78 is 6.74. The van der Waals surface area contributed by atoms with Crippen LogP contribution in [0.25, 0.3) is 0 Å². The van der Waals surface area contributed by atoms with Crippen LogP contribution in [-0.4, -0.2) is 34.8 Å². The highest BCUT2D eigenvalue weighted by Crippen LogP contribution is 2.13. The normalized spacial score (nSPS) is 10.0. The molecule has 0 atom stereocenters. The molecule has 0 bridgehead atoms. The second kappa shape index (κ2) is 9.19. The van der Waals surface area contributed by atoms with Crippen molar-refractivity contribution in [2.24, 2.45) is 0 Å². The summed E-state index contributed by atoms with van der Waals surface area (Å²) in [5.41, 5.74) is 1.23. The minimum Gasteiger partial charge on any atom is -0.450 e. The highest BCUT2D eigenvalue weighted by atomic mass is 16.5. The fourth-order valence-electron chi connectivity index (χ4n) is 1.98. The van der Waals surface area contributed by atoms with Crippen LogP contribution in [0.1, 0.15) is 13.3 Å². The molecule has 128 valence electrons. The van der Waals surface area contributed by atoms with Gasteiger partial charge in [0, 0.05) is 36.9 Å². The molecule has 24 heavy (non-hydrogen) atoms. The summed E-state index contributed by atoms with van der Waals surface area (Å²) >= 11 is 0. The Labute approximate surface area is 140 Å². The topological polar surface area (TPSA) is 97.3 Å². The molecule has 2 rings (SSSR count). The van der Waals surface area contributed by atoms with Crippen LogP contribution >= 0.6 is 0 Å².